The predicted molar refractivity (Wildman–Crippen MR) is 150 cm³/mol. The van der Waals surface area contributed by atoms with Crippen LogP contribution in [0.4, 0.5) is 57.3 Å². The number of pyridine rings is 1. The highest BCUT2D eigenvalue weighted by atomic mass is 19.4. The number of benzene rings is 2. The van der Waals surface area contributed by atoms with Gasteiger partial charge in [0.2, 0.25) is 5.95 Å². The van der Waals surface area contributed by atoms with Crippen LogP contribution in [0.15, 0.2) is 67.0 Å². The van der Waals surface area contributed by atoms with Crippen LogP contribution in [-0.2, 0) is 12.7 Å². The van der Waals surface area contributed by atoms with Crippen LogP contribution in [0.3, 0.4) is 0 Å². The van der Waals surface area contributed by atoms with Crippen molar-refractivity contribution in [2.75, 3.05) is 32.8 Å². The lowest BCUT2D eigenvalue weighted by molar-refractivity contribution is -0.136. The first-order chi connectivity index (χ1) is 19.5. The molecule has 4 amide bonds. The second kappa shape index (κ2) is 10.8. The molecule has 3 heterocycles. The van der Waals surface area contributed by atoms with Crippen LogP contribution in [-0.4, -0.2) is 34.1 Å². The SMILES string of the molecule is Cc1ccc(Nc2ncc3c(n2)N(C)C(=O)N(c2cc(NC(=O)Nc4ccccc4C(F)(F)F)ccc2C)C3)cn1. The quantitative estimate of drug-likeness (QED) is 0.257. The first kappa shape index (κ1) is 27.4. The molecule has 210 valence electrons. The van der Waals surface area contributed by atoms with Gasteiger partial charge < -0.3 is 16.0 Å². The van der Waals surface area contributed by atoms with Crippen LogP contribution in [0, 0.1) is 13.8 Å². The second-order valence-corrected chi connectivity index (χ2v) is 9.41. The predicted octanol–water partition coefficient (Wildman–Crippen LogP) is 6.47. The van der Waals surface area contributed by atoms with Crippen LogP contribution < -0.4 is 25.8 Å². The Balaban J connectivity index is 1.34. The molecule has 0 radical (unpaired) electrons. The monoisotopic (exact) mass is 562 g/mol. The minimum absolute atomic E-state index is 0.167. The molecule has 2 aromatic heterocycles. The number of amides is 4. The van der Waals surface area contributed by atoms with E-state index in [1.807, 2.05) is 19.1 Å². The van der Waals surface area contributed by atoms with E-state index in [0.29, 0.717) is 28.7 Å². The van der Waals surface area contributed by atoms with Gasteiger partial charge in [-0.05, 0) is 55.8 Å². The normalized spacial score (nSPS) is 13.1. The number of hydrogen-bond acceptors (Lipinski definition) is 6. The fraction of sp³-hybridized carbons (Fsp3) is 0.179. The number of anilines is 6. The van der Waals surface area contributed by atoms with Crippen LogP contribution in [0.5, 0.6) is 0 Å². The van der Waals surface area contributed by atoms with Crippen LogP contribution in [0.25, 0.3) is 0 Å². The Kier molecular flexibility index (Phi) is 7.18. The van der Waals surface area contributed by atoms with Crippen molar-refractivity contribution >= 4 is 46.6 Å². The summed E-state index contributed by atoms with van der Waals surface area (Å²) in [5.41, 5.74) is 2.47. The molecule has 10 nitrogen and oxygen atoms in total. The van der Waals surface area contributed by atoms with Crippen molar-refractivity contribution in [1.29, 1.82) is 0 Å². The second-order valence-electron chi connectivity index (χ2n) is 9.41. The Morgan fingerprint density at radius 3 is 2.44 bits per heavy atom. The first-order valence-electron chi connectivity index (χ1n) is 12.5. The van der Waals surface area contributed by atoms with E-state index in [-0.39, 0.29) is 24.0 Å². The van der Waals surface area contributed by atoms with Gasteiger partial charge in [0.25, 0.3) is 0 Å². The molecule has 4 aromatic rings. The number of carbonyl (C=O) groups excluding carboxylic acids is 2. The number of fused-ring (bicyclic) bond motifs is 1. The Labute approximate surface area is 233 Å². The third kappa shape index (κ3) is 5.88. The topological polar surface area (TPSA) is 115 Å². The molecule has 0 fully saturated rings. The van der Waals surface area contributed by atoms with Gasteiger partial charge >= 0.3 is 18.2 Å². The summed E-state index contributed by atoms with van der Waals surface area (Å²) in [5, 5.41) is 7.87. The molecule has 0 bridgehead atoms. The average molecular weight is 563 g/mol. The van der Waals surface area contributed by atoms with E-state index in [9.17, 15) is 22.8 Å². The van der Waals surface area contributed by atoms with Gasteiger partial charge in [0.1, 0.15) is 5.82 Å². The number of halogens is 3. The Morgan fingerprint density at radius 1 is 0.951 bits per heavy atom. The smallest absolute Gasteiger partial charge is 0.323 e. The van der Waals surface area contributed by atoms with Crippen molar-refractivity contribution < 1.29 is 22.8 Å². The molecule has 41 heavy (non-hydrogen) atoms. The summed E-state index contributed by atoms with van der Waals surface area (Å²) >= 11 is 0. The molecule has 0 saturated carbocycles. The van der Waals surface area contributed by atoms with Crippen LogP contribution >= 0.6 is 0 Å². The lowest BCUT2D eigenvalue weighted by Gasteiger charge is -2.35. The van der Waals surface area contributed by atoms with E-state index in [2.05, 4.69) is 30.9 Å². The van der Waals surface area contributed by atoms with Gasteiger partial charge in [-0.1, -0.05) is 18.2 Å². The summed E-state index contributed by atoms with van der Waals surface area (Å²) in [6.45, 7) is 3.85. The lowest BCUT2D eigenvalue weighted by atomic mass is 10.1. The standard InChI is InChI=1S/C28H25F3N8O2/c1-16-8-10-19(35-26(40)36-22-7-5-4-6-21(22)28(29,30)31)12-23(16)39-15-18-13-33-25(37-24(18)38(3)27(39)41)34-20-11-9-17(2)32-14-20/h4-14H,15H2,1-3H3,(H,33,34,37)(H2,35,36,40). The maximum atomic E-state index is 13.4. The fourth-order valence-electron chi connectivity index (χ4n) is 4.33. The Hall–Kier alpha value is -5.20. The van der Waals surface area contributed by atoms with Crippen LogP contribution in [0.1, 0.15) is 22.4 Å². The van der Waals surface area contributed by atoms with Crippen molar-refractivity contribution in [3.8, 4) is 0 Å². The summed E-state index contributed by atoms with van der Waals surface area (Å²) in [6, 6.07) is 12.1. The zero-order valence-electron chi connectivity index (χ0n) is 22.2. The Bertz CT molecular complexity index is 1630. The number of para-hydroxylation sites is 1. The van der Waals surface area contributed by atoms with Crippen LogP contribution in [0.2, 0.25) is 0 Å². The van der Waals surface area contributed by atoms with E-state index in [0.717, 1.165) is 17.3 Å². The number of alkyl halides is 3. The fourth-order valence-corrected chi connectivity index (χ4v) is 4.33. The lowest BCUT2D eigenvalue weighted by Crippen LogP contribution is -2.46. The number of aromatic nitrogens is 3. The third-order valence-electron chi connectivity index (χ3n) is 6.41. The molecule has 1 aliphatic rings. The third-order valence-corrected chi connectivity index (χ3v) is 6.41. The molecule has 0 unspecified atom stereocenters. The molecule has 0 aliphatic carbocycles. The first-order valence-corrected chi connectivity index (χ1v) is 12.5. The zero-order chi connectivity index (χ0) is 29.3. The number of nitrogens with one attached hydrogen (secondary N) is 3. The molecular formula is C28H25F3N8O2. The maximum Gasteiger partial charge on any atom is 0.418 e. The van der Waals surface area contributed by atoms with Crippen molar-refractivity contribution in [3.05, 3.63) is 89.4 Å². The highest BCUT2D eigenvalue weighted by Crippen LogP contribution is 2.35. The minimum atomic E-state index is -4.63. The molecule has 0 saturated heterocycles. The highest BCUT2D eigenvalue weighted by molar-refractivity contribution is 6.06. The van der Waals surface area contributed by atoms with Crippen molar-refractivity contribution in [2.45, 2.75) is 26.6 Å². The largest absolute Gasteiger partial charge is 0.418 e. The average Bonchev–Trinajstić information content (AvgIpc) is 2.93. The summed E-state index contributed by atoms with van der Waals surface area (Å²) < 4.78 is 39.9. The Morgan fingerprint density at radius 2 is 1.71 bits per heavy atom. The molecule has 3 N–H and O–H groups in total. The highest BCUT2D eigenvalue weighted by Gasteiger charge is 2.34. The van der Waals surface area contributed by atoms with E-state index >= 15 is 0 Å². The minimum Gasteiger partial charge on any atom is -0.323 e. The van der Waals surface area contributed by atoms with Gasteiger partial charge in [0.05, 0.1) is 35.4 Å². The van der Waals surface area contributed by atoms with Crippen molar-refractivity contribution in [2.24, 2.45) is 0 Å². The molecule has 0 atom stereocenters. The van der Waals surface area contributed by atoms with E-state index in [1.54, 1.807) is 44.6 Å². The van der Waals surface area contributed by atoms with Gasteiger partial charge in [-0.15, -0.1) is 0 Å². The van der Waals surface area contributed by atoms with E-state index in [1.165, 1.54) is 28.0 Å². The molecule has 0 spiro atoms. The summed E-state index contributed by atoms with van der Waals surface area (Å²) in [7, 11) is 1.60. The van der Waals surface area contributed by atoms with Gasteiger partial charge in [-0.2, -0.15) is 18.2 Å². The number of rotatable bonds is 5. The van der Waals surface area contributed by atoms with E-state index in [4.69, 9.17) is 0 Å². The van der Waals surface area contributed by atoms with Gasteiger partial charge in [0, 0.05) is 30.2 Å². The molecule has 5 rings (SSSR count). The molecule has 13 heteroatoms. The molecule has 2 aromatic carbocycles. The van der Waals surface area contributed by atoms with Crippen molar-refractivity contribution in [1.82, 2.24) is 15.0 Å². The molecule has 1 aliphatic heterocycles. The molecular weight excluding hydrogens is 537 g/mol. The number of aryl methyl sites for hydroxylation is 2. The number of urea groups is 2. The number of carbonyl (C=O) groups is 2. The zero-order valence-corrected chi connectivity index (χ0v) is 22.2. The summed E-state index contributed by atoms with van der Waals surface area (Å²) in [4.78, 5) is 42.0. The van der Waals surface area contributed by atoms with Gasteiger partial charge in [-0.25, -0.2) is 14.6 Å². The summed E-state index contributed by atoms with van der Waals surface area (Å²) in [5.74, 6) is 0.751. The summed E-state index contributed by atoms with van der Waals surface area (Å²) in [6.07, 6.45) is -1.34. The van der Waals surface area contributed by atoms with E-state index < -0.39 is 17.8 Å². The number of nitrogens with zero attached hydrogens (tertiary/aromatic N) is 5. The van der Waals surface area contributed by atoms with Gasteiger partial charge in [-0.3, -0.25) is 14.8 Å². The maximum absolute atomic E-state index is 13.4. The number of hydrogen-bond donors (Lipinski definition) is 3. The van der Waals surface area contributed by atoms with Gasteiger partial charge in [0.15, 0.2) is 0 Å². The van der Waals surface area contributed by atoms with Crippen molar-refractivity contribution in [3.63, 3.8) is 0 Å².